The van der Waals surface area contributed by atoms with Gasteiger partial charge in [-0.15, -0.1) is 0 Å². The first-order valence-electron chi connectivity index (χ1n) is 6.07. The molecule has 4 N–H and O–H groups in total. The number of hydrogen-bond donors (Lipinski definition) is 3. The van der Waals surface area contributed by atoms with Crippen molar-refractivity contribution in [1.29, 1.82) is 5.41 Å². The summed E-state index contributed by atoms with van der Waals surface area (Å²) >= 11 is 0. The maximum atomic E-state index is 7.32. The second-order valence-electron chi connectivity index (χ2n) is 4.62. The molecule has 0 bridgehead atoms. The fourth-order valence-corrected chi connectivity index (χ4v) is 2.29. The highest BCUT2D eigenvalue weighted by Gasteiger charge is 2.17. The number of nitrogens with one attached hydrogen (secondary N) is 2. The van der Waals surface area contributed by atoms with E-state index in [1.807, 2.05) is 24.3 Å². The molecule has 0 aromatic heterocycles. The van der Waals surface area contributed by atoms with Crippen molar-refractivity contribution in [3.05, 3.63) is 42.1 Å². The van der Waals surface area contributed by atoms with Crippen LogP contribution in [0, 0.1) is 11.3 Å². The molecule has 0 spiro atoms. The van der Waals surface area contributed by atoms with E-state index in [2.05, 4.69) is 11.9 Å². The van der Waals surface area contributed by atoms with Crippen LogP contribution in [0.3, 0.4) is 0 Å². The van der Waals surface area contributed by atoms with Crippen LogP contribution < -0.4 is 11.1 Å². The summed E-state index contributed by atoms with van der Waals surface area (Å²) in [6.07, 6.45) is 5.12. The number of nitrogen functional groups attached to an aromatic ring is 1. The van der Waals surface area contributed by atoms with E-state index in [9.17, 15) is 0 Å². The van der Waals surface area contributed by atoms with Crippen molar-refractivity contribution in [2.75, 3.05) is 5.32 Å². The van der Waals surface area contributed by atoms with Gasteiger partial charge in [-0.2, -0.15) is 0 Å². The molecule has 1 aromatic carbocycles. The maximum absolute atomic E-state index is 7.32. The summed E-state index contributed by atoms with van der Waals surface area (Å²) in [5.74, 6) is 0.716. The highest BCUT2D eigenvalue weighted by molar-refractivity contribution is 5.95. The van der Waals surface area contributed by atoms with Gasteiger partial charge in [-0.1, -0.05) is 19.4 Å². The zero-order valence-corrected chi connectivity index (χ0v) is 10.00. The highest BCUT2D eigenvalue weighted by atomic mass is 14.9. The molecule has 2 rings (SSSR count). The number of rotatable bonds is 4. The minimum atomic E-state index is 0.103. The molecule has 1 saturated carbocycles. The molecule has 0 radical (unpaired) electrons. The summed E-state index contributed by atoms with van der Waals surface area (Å²) in [6.45, 7) is 4.11. The van der Waals surface area contributed by atoms with Gasteiger partial charge in [-0.25, -0.2) is 0 Å². The van der Waals surface area contributed by atoms with E-state index in [1.165, 1.54) is 25.7 Å². The average molecular weight is 229 g/mol. The predicted molar refractivity (Wildman–Crippen MR) is 72.2 cm³/mol. The molecule has 1 fully saturated rings. The van der Waals surface area contributed by atoms with Crippen molar-refractivity contribution in [3.63, 3.8) is 0 Å². The van der Waals surface area contributed by atoms with Crippen LogP contribution in [0.1, 0.15) is 31.2 Å². The lowest BCUT2D eigenvalue weighted by molar-refractivity contribution is 0.649. The van der Waals surface area contributed by atoms with Crippen LogP contribution in [-0.2, 0) is 0 Å². The molecule has 3 nitrogen and oxygen atoms in total. The van der Waals surface area contributed by atoms with E-state index >= 15 is 0 Å². The second kappa shape index (κ2) is 5.04. The summed E-state index contributed by atoms with van der Waals surface area (Å²) in [5, 5.41) is 10.7. The third-order valence-electron chi connectivity index (χ3n) is 3.35. The Kier molecular flexibility index (Phi) is 3.47. The topological polar surface area (TPSA) is 61.9 Å². The number of hydrogen-bond acceptors (Lipinski definition) is 2. The van der Waals surface area contributed by atoms with Gasteiger partial charge < -0.3 is 11.1 Å². The van der Waals surface area contributed by atoms with Crippen molar-refractivity contribution in [2.45, 2.75) is 25.7 Å². The average Bonchev–Trinajstić information content (AvgIpc) is 2.83. The number of allylic oxidation sites excluding steroid dienone is 1. The molecule has 0 heterocycles. The Morgan fingerprint density at radius 1 is 1.24 bits per heavy atom. The largest absolute Gasteiger partial charge is 0.384 e. The first-order valence-corrected chi connectivity index (χ1v) is 6.07. The molecule has 1 aliphatic rings. The van der Waals surface area contributed by atoms with Crippen LogP contribution in [0.25, 0.3) is 0 Å². The third-order valence-corrected chi connectivity index (χ3v) is 3.35. The lowest BCUT2D eigenvalue weighted by atomic mass is 10.0. The Balaban J connectivity index is 1.98. The van der Waals surface area contributed by atoms with Crippen molar-refractivity contribution in [1.82, 2.24) is 0 Å². The maximum Gasteiger partial charge on any atom is 0.122 e. The summed E-state index contributed by atoms with van der Waals surface area (Å²) in [6, 6.07) is 7.59. The third kappa shape index (κ3) is 2.87. The minimum Gasteiger partial charge on any atom is -0.384 e. The molecular weight excluding hydrogens is 210 g/mol. The number of benzene rings is 1. The smallest absolute Gasteiger partial charge is 0.122 e. The fraction of sp³-hybridized carbons (Fsp3) is 0.357. The van der Waals surface area contributed by atoms with Crippen LogP contribution in [-0.4, -0.2) is 5.84 Å². The summed E-state index contributed by atoms with van der Waals surface area (Å²) in [5.41, 5.74) is 8.29. The molecule has 3 heteroatoms. The first-order chi connectivity index (χ1) is 8.16. The number of anilines is 1. The van der Waals surface area contributed by atoms with Crippen LogP contribution in [0.2, 0.25) is 0 Å². The first kappa shape index (κ1) is 11.7. The van der Waals surface area contributed by atoms with Crippen LogP contribution >= 0.6 is 0 Å². The molecule has 0 atom stereocenters. The monoisotopic (exact) mass is 229 g/mol. The van der Waals surface area contributed by atoms with Gasteiger partial charge in [0.2, 0.25) is 0 Å². The van der Waals surface area contributed by atoms with E-state index in [0.717, 1.165) is 16.9 Å². The molecule has 0 amide bonds. The van der Waals surface area contributed by atoms with E-state index in [4.69, 9.17) is 11.1 Å². The van der Waals surface area contributed by atoms with Crippen molar-refractivity contribution >= 4 is 11.5 Å². The van der Waals surface area contributed by atoms with Crippen molar-refractivity contribution in [2.24, 2.45) is 11.7 Å². The molecule has 0 saturated heterocycles. The molecule has 0 aliphatic heterocycles. The molecule has 90 valence electrons. The Hall–Kier alpha value is -1.77. The molecule has 1 aromatic rings. The van der Waals surface area contributed by atoms with Gasteiger partial charge in [0.25, 0.3) is 0 Å². The van der Waals surface area contributed by atoms with Crippen molar-refractivity contribution < 1.29 is 0 Å². The second-order valence-corrected chi connectivity index (χ2v) is 4.62. The standard InChI is InChI=1S/C14H19N3/c1-10(11-4-2-3-5-11)17-13-8-6-12(7-9-13)14(15)16/h6-9,11,17H,1-5H2,(H3,15,16). The van der Waals surface area contributed by atoms with Gasteiger partial charge in [0, 0.05) is 16.9 Å². The van der Waals surface area contributed by atoms with Crippen LogP contribution in [0.4, 0.5) is 5.69 Å². The van der Waals surface area contributed by atoms with Gasteiger partial charge in [0.05, 0.1) is 0 Å². The fourth-order valence-electron chi connectivity index (χ4n) is 2.29. The summed E-state index contributed by atoms with van der Waals surface area (Å²) in [7, 11) is 0. The summed E-state index contributed by atoms with van der Waals surface area (Å²) < 4.78 is 0. The van der Waals surface area contributed by atoms with E-state index < -0.39 is 0 Å². The quantitative estimate of drug-likeness (QED) is 0.549. The van der Waals surface area contributed by atoms with Gasteiger partial charge in [0.1, 0.15) is 5.84 Å². The van der Waals surface area contributed by atoms with Gasteiger partial charge in [-0.05, 0) is 43.0 Å². The Labute approximate surface area is 102 Å². The van der Waals surface area contributed by atoms with E-state index in [-0.39, 0.29) is 5.84 Å². The Morgan fingerprint density at radius 2 is 1.82 bits per heavy atom. The Morgan fingerprint density at radius 3 is 2.35 bits per heavy atom. The summed E-state index contributed by atoms with van der Waals surface area (Å²) in [4.78, 5) is 0. The molecule has 1 aliphatic carbocycles. The molecular formula is C14H19N3. The predicted octanol–water partition coefficient (Wildman–Crippen LogP) is 3.09. The zero-order chi connectivity index (χ0) is 12.3. The number of nitrogens with two attached hydrogens (primary N) is 1. The SMILES string of the molecule is C=C(Nc1ccc(C(=N)N)cc1)C1CCCC1. The normalized spacial score (nSPS) is 15.8. The molecule has 17 heavy (non-hydrogen) atoms. The van der Waals surface area contributed by atoms with Gasteiger partial charge in [0.15, 0.2) is 0 Å². The van der Waals surface area contributed by atoms with Crippen LogP contribution in [0.5, 0.6) is 0 Å². The van der Waals surface area contributed by atoms with Crippen LogP contribution in [0.15, 0.2) is 36.5 Å². The highest BCUT2D eigenvalue weighted by Crippen LogP contribution is 2.30. The molecule has 0 unspecified atom stereocenters. The lowest BCUT2D eigenvalue weighted by Gasteiger charge is -2.15. The van der Waals surface area contributed by atoms with Gasteiger partial charge >= 0.3 is 0 Å². The zero-order valence-electron chi connectivity index (χ0n) is 10.00. The lowest BCUT2D eigenvalue weighted by Crippen LogP contribution is -2.11. The Bertz CT molecular complexity index is 414. The number of amidine groups is 1. The van der Waals surface area contributed by atoms with E-state index in [0.29, 0.717) is 5.92 Å². The van der Waals surface area contributed by atoms with Gasteiger partial charge in [-0.3, -0.25) is 5.41 Å². The van der Waals surface area contributed by atoms with Crippen molar-refractivity contribution in [3.8, 4) is 0 Å². The van der Waals surface area contributed by atoms with E-state index in [1.54, 1.807) is 0 Å². The minimum absolute atomic E-state index is 0.103.